The van der Waals surface area contributed by atoms with E-state index in [0.717, 1.165) is 43.1 Å². The lowest BCUT2D eigenvalue weighted by atomic mass is 10.1. The zero-order chi connectivity index (χ0) is 23.2. The maximum Gasteiger partial charge on any atom is 0.169 e. The van der Waals surface area contributed by atoms with Crippen molar-refractivity contribution >= 4 is 17.2 Å². The predicted octanol–water partition coefficient (Wildman–Crippen LogP) is 2.93. The molecule has 1 aliphatic rings. The molecule has 0 aliphatic carbocycles. The Labute approximate surface area is 194 Å². The summed E-state index contributed by atoms with van der Waals surface area (Å²) in [6.45, 7) is 5.02. The number of nitrogens with two attached hydrogens (primary N) is 1. The molecule has 8 nitrogen and oxygen atoms in total. The van der Waals surface area contributed by atoms with E-state index in [1.165, 1.54) is 0 Å². The Morgan fingerprint density at radius 3 is 2.82 bits per heavy atom. The van der Waals surface area contributed by atoms with Crippen molar-refractivity contribution in [1.82, 2.24) is 15.2 Å². The van der Waals surface area contributed by atoms with Gasteiger partial charge in [-0.15, -0.1) is 10.2 Å². The van der Waals surface area contributed by atoms with Gasteiger partial charge in [0.25, 0.3) is 0 Å². The number of pyridine rings is 1. The fraction of sp³-hybridized carbons (Fsp3) is 0.320. The van der Waals surface area contributed by atoms with Crippen LogP contribution in [0.4, 0.5) is 17.2 Å². The van der Waals surface area contributed by atoms with Crippen LogP contribution in [-0.4, -0.2) is 59.7 Å². The molecule has 1 aromatic carbocycles. The van der Waals surface area contributed by atoms with Gasteiger partial charge in [-0.3, -0.25) is 0 Å². The maximum absolute atomic E-state index is 10.2. The van der Waals surface area contributed by atoms with Gasteiger partial charge in [-0.05, 0) is 49.6 Å². The number of phenolic OH excluding ortho intramolecular Hbond substituents is 1. The highest BCUT2D eigenvalue weighted by molar-refractivity contribution is 5.74. The topological polar surface area (TPSA) is 101 Å². The van der Waals surface area contributed by atoms with E-state index in [0.29, 0.717) is 29.7 Å². The van der Waals surface area contributed by atoms with Crippen LogP contribution in [0.25, 0.3) is 11.3 Å². The first-order valence-corrected chi connectivity index (χ1v) is 10.9. The molecule has 1 saturated heterocycles. The minimum Gasteiger partial charge on any atom is -0.507 e. The van der Waals surface area contributed by atoms with E-state index < -0.39 is 0 Å². The molecule has 3 aromatic rings. The second kappa shape index (κ2) is 10.2. The molecular weight excluding hydrogens is 416 g/mol. The zero-order valence-corrected chi connectivity index (χ0v) is 18.9. The Balaban J connectivity index is 1.56. The lowest BCUT2D eigenvalue weighted by Gasteiger charge is -2.29. The number of hydrogen-bond donors (Lipinski definition) is 2. The number of para-hydroxylation sites is 1. The molecule has 3 N–H and O–H groups in total. The van der Waals surface area contributed by atoms with Crippen LogP contribution >= 0.6 is 0 Å². The van der Waals surface area contributed by atoms with Crippen LogP contribution < -0.4 is 15.5 Å². The van der Waals surface area contributed by atoms with Crippen LogP contribution in [0.2, 0.25) is 0 Å². The third-order valence-corrected chi connectivity index (χ3v) is 5.79. The van der Waals surface area contributed by atoms with Crippen LogP contribution in [0.15, 0.2) is 48.7 Å². The van der Waals surface area contributed by atoms with Gasteiger partial charge in [0.15, 0.2) is 5.82 Å². The van der Waals surface area contributed by atoms with Gasteiger partial charge in [-0.2, -0.15) is 0 Å². The highest BCUT2D eigenvalue weighted by Gasteiger charge is 2.24. The van der Waals surface area contributed by atoms with Crippen molar-refractivity contribution in [2.75, 3.05) is 48.9 Å². The number of anilines is 3. The first kappa shape index (κ1) is 22.4. The van der Waals surface area contributed by atoms with Crippen LogP contribution in [0.5, 0.6) is 5.75 Å². The molecule has 1 aliphatic heterocycles. The summed E-state index contributed by atoms with van der Waals surface area (Å²) in [5.41, 5.74) is 10.1. The quantitative estimate of drug-likeness (QED) is 0.593. The molecule has 0 radical (unpaired) electrons. The Kier molecular flexibility index (Phi) is 6.91. The van der Waals surface area contributed by atoms with Gasteiger partial charge in [-0.1, -0.05) is 18.1 Å². The Morgan fingerprint density at radius 2 is 2.00 bits per heavy atom. The highest BCUT2D eigenvalue weighted by Crippen LogP contribution is 2.32. The molecule has 1 fully saturated rings. The fourth-order valence-corrected chi connectivity index (χ4v) is 4.02. The molecule has 0 bridgehead atoms. The molecule has 1 atom stereocenters. The smallest absolute Gasteiger partial charge is 0.169 e. The van der Waals surface area contributed by atoms with E-state index in [1.54, 1.807) is 25.4 Å². The third kappa shape index (κ3) is 5.16. The number of ether oxygens (including phenoxy) is 1. The summed E-state index contributed by atoms with van der Waals surface area (Å²) in [6.07, 6.45) is 2.74. The predicted molar refractivity (Wildman–Crippen MR) is 130 cm³/mol. The molecule has 170 valence electrons. The van der Waals surface area contributed by atoms with E-state index >= 15 is 0 Å². The van der Waals surface area contributed by atoms with Crippen LogP contribution in [0.1, 0.15) is 19.0 Å². The molecular formula is C25H28N6O2. The second-order valence-electron chi connectivity index (χ2n) is 7.97. The number of nitrogens with zero attached hydrogens (tertiary/aromatic N) is 5. The minimum absolute atomic E-state index is 0.167. The van der Waals surface area contributed by atoms with Gasteiger partial charge in [-0.25, -0.2) is 4.98 Å². The standard InChI is InChI=1S/C25H28N6O2/c1-18-10-12-30(13-14-31(18)20-9-11-27-19(16-20)6-5-15-33-2)23-17-22(28-29-25(23)26)21-7-3-4-8-24(21)32/h3-4,7-9,11,16-18,32H,10,12-15H2,1-2H3,(H2,26,29). The monoisotopic (exact) mass is 444 g/mol. The van der Waals surface area contributed by atoms with Crippen molar-refractivity contribution in [1.29, 1.82) is 0 Å². The van der Waals surface area contributed by atoms with Crippen LogP contribution in [0, 0.1) is 11.8 Å². The lowest BCUT2D eigenvalue weighted by Crippen LogP contribution is -2.35. The number of methoxy groups -OCH3 is 1. The SMILES string of the molecule is COCC#Cc1cc(N2CCN(c3cc(-c4ccccc4O)nnc3N)CCC2C)ccn1. The molecule has 1 unspecified atom stereocenters. The number of benzene rings is 1. The van der Waals surface area contributed by atoms with Crippen molar-refractivity contribution in [3.8, 4) is 28.8 Å². The Hall–Kier alpha value is -3.83. The van der Waals surface area contributed by atoms with Gasteiger partial charge in [0.05, 0.1) is 11.4 Å². The summed E-state index contributed by atoms with van der Waals surface area (Å²) in [6, 6.07) is 13.4. The number of hydrogen-bond acceptors (Lipinski definition) is 8. The number of nitrogen functional groups attached to an aromatic ring is 1. The molecule has 4 rings (SSSR count). The van der Waals surface area contributed by atoms with E-state index in [9.17, 15) is 5.11 Å². The van der Waals surface area contributed by atoms with E-state index in [1.807, 2.05) is 30.3 Å². The van der Waals surface area contributed by atoms with E-state index in [2.05, 4.69) is 43.7 Å². The minimum atomic E-state index is 0.167. The van der Waals surface area contributed by atoms with E-state index in [4.69, 9.17) is 10.5 Å². The third-order valence-electron chi connectivity index (χ3n) is 5.79. The molecule has 0 spiro atoms. The summed E-state index contributed by atoms with van der Waals surface area (Å²) in [4.78, 5) is 8.97. The van der Waals surface area contributed by atoms with Gasteiger partial charge in [0, 0.05) is 50.2 Å². The van der Waals surface area contributed by atoms with Gasteiger partial charge in [0.2, 0.25) is 0 Å². The first-order chi connectivity index (χ1) is 16.1. The highest BCUT2D eigenvalue weighted by atomic mass is 16.5. The molecule has 33 heavy (non-hydrogen) atoms. The normalized spacial score (nSPS) is 16.1. The molecule has 0 amide bonds. The Morgan fingerprint density at radius 1 is 1.15 bits per heavy atom. The summed E-state index contributed by atoms with van der Waals surface area (Å²) in [5.74, 6) is 6.56. The summed E-state index contributed by atoms with van der Waals surface area (Å²) in [5, 5.41) is 18.6. The largest absolute Gasteiger partial charge is 0.507 e. The number of rotatable bonds is 4. The second-order valence-corrected chi connectivity index (χ2v) is 7.97. The van der Waals surface area contributed by atoms with Crippen molar-refractivity contribution in [3.63, 3.8) is 0 Å². The summed E-state index contributed by atoms with van der Waals surface area (Å²) < 4.78 is 5.00. The maximum atomic E-state index is 10.2. The van der Waals surface area contributed by atoms with Crippen molar-refractivity contribution < 1.29 is 9.84 Å². The van der Waals surface area contributed by atoms with Gasteiger partial charge in [0.1, 0.15) is 18.1 Å². The van der Waals surface area contributed by atoms with Crippen LogP contribution in [-0.2, 0) is 4.74 Å². The summed E-state index contributed by atoms with van der Waals surface area (Å²) >= 11 is 0. The molecule has 8 heteroatoms. The van der Waals surface area contributed by atoms with Crippen molar-refractivity contribution in [2.45, 2.75) is 19.4 Å². The zero-order valence-electron chi connectivity index (χ0n) is 18.9. The number of aromatic nitrogens is 3. The van der Waals surface area contributed by atoms with Gasteiger partial charge >= 0.3 is 0 Å². The van der Waals surface area contributed by atoms with Gasteiger partial charge < -0.3 is 25.4 Å². The average Bonchev–Trinajstić information content (AvgIpc) is 3.02. The first-order valence-electron chi connectivity index (χ1n) is 10.9. The molecule has 2 aromatic heterocycles. The molecule has 0 saturated carbocycles. The fourth-order valence-electron chi connectivity index (χ4n) is 4.02. The number of phenols is 1. The lowest BCUT2D eigenvalue weighted by molar-refractivity contribution is 0.240. The van der Waals surface area contributed by atoms with Crippen molar-refractivity contribution in [2.24, 2.45) is 0 Å². The number of aromatic hydroxyl groups is 1. The average molecular weight is 445 g/mol. The van der Waals surface area contributed by atoms with Crippen molar-refractivity contribution in [3.05, 3.63) is 54.4 Å². The summed E-state index contributed by atoms with van der Waals surface area (Å²) in [7, 11) is 1.62. The molecule has 3 heterocycles. The Bertz CT molecular complexity index is 1170. The van der Waals surface area contributed by atoms with Crippen LogP contribution in [0.3, 0.4) is 0 Å². The van der Waals surface area contributed by atoms with E-state index in [-0.39, 0.29) is 5.75 Å².